The predicted octanol–water partition coefficient (Wildman–Crippen LogP) is 13.8. The lowest BCUT2D eigenvalue weighted by molar-refractivity contribution is 0.770. The van der Waals surface area contributed by atoms with Crippen LogP contribution in [0.1, 0.15) is 22.3 Å². The Hall–Kier alpha value is -7.42. The highest BCUT2D eigenvalue weighted by atomic mass is 14.9. The molecule has 0 amide bonds. The summed E-state index contributed by atoms with van der Waals surface area (Å²) in [5, 5.41) is 4.72. The van der Waals surface area contributed by atoms with E-state index in [-0.39, 0.29) is 0 Å². The first-order chi connectivity index (χ1) is 28.3. The second-order valence-corrected chi connectivity index (χ2v) is 14.9. The number of aromatic nitrogens is 2. The van der Waals surface area contributed by atoms with E-state index in [1.165, 1.54) is 60.7 Å². The molecule has 0 bridgehead atoms. The molecule has 0 saturated carbocycles. The lowest BCUT2D eigenvalue weighted by Gasteiger charge is -2.35. The van der Waals surface area contributed by atoms with Gasteiger partial charge >= 0.3 is 0 Å². The summed E-state index contributed by atoms with van der Waals surface area (Å²) in [6, 6.07) is 78.9. The highest BCUT2D eigenvalue weighted by Crippen LogP contribution is 2.59. The summed E-state index contributed by atoms with van der Waals surface area (Å²) in [6.45, 7) is 0. The molecule has 0 N–H and O–H groups in total. The molecule has 1 aromatic heterocycles. The molecule has 1 aliphatic carbocycles. The Morgan fingerprint density at radius 1 is 0.316 bits per heavy atom. The van der Waals surface area contributed by atoms with Crippen LogP contribution in [0, 0.1) is 0 Å². The molecule has 0 aliphatic heterocycles. The van der Waals surface area contributed by atoms with Crippen LogP contribution in [0.25, 0.3) is 77.7 Å². The first-order valence-electron chi connectivity index (χ1n) is 19.6. The number of nitrogens with zero attached hydrogens (tertiary/aromatic N) is 2. The highest BCUT2D eigenvalue weighted by Gasteiger charge is 2.47. The molecule has 0 spiro atoms. The SMILES string of the molecule is c1ccc(-c2nc(-c3ccc4ccccc4c3)cc(-c3ccc(-c4cccc5c4C(c4ccccc4)(c4ccccc4)c4ccccc4-5)c4ccccc34)n2)cc1. The maximum Gasteiger partial charge on any atom is 0.160 e. The maximum atomic E-state index is 5.29. The molecule has 2 nitrogen and oxygen atoms in total. The molecule has 0 fully saturated rings. The fourth-order valence-electron chi connectivity index (χ4n) is 9.28. The number of benzene rings is 9. The van der Waals surface area contributed by atoms with E-state index in [1.807, 2.05) is 18.2 Å². The van der Waals surface area contributed by atoms with Crippen molar-refractivity contribution in [1.29, 1.82) is 0 Å². The van der Waals surface area contributed by atoms with Crippen molar-refractivity contribution in [3.63, 3.8) is 0 Å². The minimum absolute atomic E-state index is 0.517. The molecule has 11 rings (SSSR count). The Kier molecular flexibility index (Phi) is 7.75. The van der Waals surface area contributed by atoms with Gasteiger partial charge in [-0.3, -0.25) is 0 Å². The van der Waals surface area contributed by atoms with Crippen molar-refractivity contribution in [1.82, 2.24) is 9.97 Å². The van der Waals surface area contributed by atoms with Crippen molar-refractivity contribution in [2.24, 2.45) is 0 Å². The quantitative estimate of drug-likeness (QED) is 0.171. The number of hydrogen-bond acceptors (Lipinski definition) is 2. The Balaban J connectivity index is 1.16. The molecule has 2 heteroatoms. The fraction of sp³-hybridized carbons (Fsp3) is 0.0182. The lowest BCUT2D eigenvalue weighted by atomic mass is 9.66. The second kappa shape index (κ2) is 13.4. The zero-order chi connectivity index (χ0) is 37.8. The Morgan fingerprint density at radius 2 is 0.860 bits per heavy atom. The summed E-state index contributed by atoms with van der Waals surface area (Å²) in [7, 11) is 0. The summed E-state index contributed by atoms with van der Waals surface area (Å²) in [4.78, 5) is 10.5. The molecule has 0 atom stereocenters. The molecule has 9 aromatic carbocycles. The normalized spacial score (nSPS) is 12.7. The first kappa shape index (κ1) is 33.0. The Bertz CT molecular complexity index is 3070. The van der Waals surface area contributed by atoms with Gasteiger partial charge in [-0.05, 0) is 78.2 Å². The Labute approximate surface area is 332 Å². The zero-order valence-electron chi connectivity index (χ0n) is 31.2. The average Bonchev–Trinajstić information content (AvgIpc) is 3.61. The number of fused-ring (bicyclic) bond motifs is 5. The van der Waals surface area contributed by atoms with E-state index in [9.17, 15) is 0 Å². The molecule has 10 aromatic rings. The number of hydrogen-bond donors (Lipinski definition) is 0. The van der Waals surface area contributed by atoms with E-state index in [0.717, 1.165) is 33.5 Å². The van der Waals surface area contributed by atoms with E-state index in [4.69, 9.17) is 9.97 Å². The van der Waals surface area contributed by atoms with Crippen molar-refractivity contribution >= 4 is 21.5 Å². The van der Waals surface area contributed by atoms with Gasteiger partial charge in [0.25, 0.3) is 0 Å². The van der Waals surface area contributed by atoms with Crippen LogP contribution in [0.3, 0.4) is 0 Å². The van der Waals surface area contributed by atoms with Crippen molar-refractivity contribution in [2.45, 2.75) is 5.41 Å². The fourth-order valence-corrected chi connectivity index (χ4v) is 9.28. The smallest absolute Gasteiger partial charge is 0.160 e. The Morgan fingerprint density at radius 3 is 1.60 bits per heavy atom. The summed E-state index contributed by atoms with van der Waals surface area (Å²) >= 11 is 0. The molecular formula is C55H36N2. The van der Waals surface area contributed by atoms with E-state index >= 15 is 0 Å². The third-order valence-corrected chi connectivity index (χ3v) is 11.8. The molecule has 57 heavy (non-hydrogen) atoms. The van der Waals surface area contributed by atoms with Crippen LogP contribution < -0.4 is 0 Å². The molecule has 0 saturated heterocycles. The van der Waals surface area contributed by atoms with Gasteiger partial charge in [-0.15, -0.1) is 0 Å². The molecular weight excluding hydrogens is 689 g/mol. The summed E-state index contributed by atoms with van der Waals surface area (Å²) in [6.07, 6.45) is 0. The number of rotatable bonds is 6. The zero-order valence-corrected chi connectivity index (χ0v) is 31.2. The maximum absolute atomic E-state index is 5.29. The summed E-state index contributed by atoms with van der Waals surface area (Å²) < 4.78 is 0. The third-order valence-electron chi connectivity index (χ3n) is 11.8. The molecule has 266 valence electrons. The third kappa shape index (κ3) is 5.26. The van der Waals surface area contributed by atoms with Gasteiger partial charge in [0.1, 0.15) is 0 Å². The van der Waals surface area contributed by atoms with E-state index < -0.39 is 5.41 Å². The summed E-state index contributed by atoms with van der Waals surface area (Å²) in [5.41, 5.74) is 14.5. The minimum Gasteiger partial charge on any atom is -0.228 e. The van der Waals surface area contributed by atoms with Crippen LogP contribution in [0.15, 0.2) is 218 Å². The second-order valence-electron chi connectivity index (χ2n) is 14.9. The van der Waals surface area contributed by atoms with Gasteiger partial charge in [-0.2, -0.15) is 0 Å². The van der Waals surface area contributed by atoms with Gasteiger partial charge in [-0.25, -0.2) is 9.97 Å². The van der Waals surface area contributed by atoms with Gasteiger partial charge in [0.2, 0.25) is 0 Å². The molecule has 1 aliphatic rings. The van der Waals surface area contributed by atoms with Gasteiger partial charge in [-0.1, -0.05) is 206 Å². The molecule has 1 heterocycles. The van der Waals surface area contributed by atoms with Crippen LogP contribution in [0.2, 0.25) is 0 Å². The van der Waals surface area contributed by atoms with E-state index in [2.05, 4.69) is 200 Å². The molecule has 0 unspecified atom stereocenters. The van der Waals surface area contributed by atoms with E-state index in [0.29, 0.717) is 5.82 Å². The van der Waals surface area contributed by atoms with Crippen molar-refractivity contribution < 1.29 is 0 Å². The average molecular weight is 725 g/mol. The standard InChI is InChI=1S/C55H36N2/c1-4-18-38(19-5-1)54-56-51(40-32-31-37-17-10-11-20-39(37)35-40)36-52(57-54)47-34-33-45(43-25-12-13-26-44(43)47)48-28-16-29-49-46-27-14-15-30-50(46)55(53(48)49,41-21-6-2-7-22-41)42-23-8-3-9-24-42/h1-36H. The predicted molar refractivity (Wildman–Crippen MR) is 236 cm³/mol. The van der Waals surface area contributed by atoms with Gasteiger partial charge < -0.3 is 0 Å². The van der Waals surface area contributed by atoms with Crippen LogP contribution in [-0.4, -0.2) is 9.97 Å². The van der Waals surface area contributed by atoms with Gasteiger partial charge in [0.15, 0.2) is 5.82 Å². The van der Waals surface area contributed by atoms with Crippen molar-refractivity contribution in [3.8, 4) is 56.2 Å². The van der Waals surface area contributed by atoms with Gasteiger partial charge in [0, 0.05) is 16.7 Å². The van der Waals surface area contributed by atoms with Crippen molar-refractivity contribution in [2.75, 3.05) is 0 Å². The van der Waals surface area contributed by atoms with Crippen LogP contribution in [0.4, 0.5) is 0 Å². The van der Waals surface area contributed by atoms with E-state index in [1.54, 1.807) is 0 Å². The first-order valence-corrected chi connectivity index (χ1v) is 19.6. The summed E-state index contributed by atoms with van der Waals surface area (Å²) in [5.74, 6) is 0.707. The largest absolute Gasteiger partial charge is 0.228 e. The molecule has 0 radical (unpaired) electrons. The topological polar surface area (TPSA) is 25.8 Å². The monoisotopic (exact) mass is 724 g/mol. The minimum atomic E-state index is -0.517. The van der Waals surface area contributed by atoms with Gasteiger partial charge in [0.05, 0.1) is 16.8 Å². The highest BCUT2D eigenvalue weighted by molar-refractivity contribution is 6.07. The lowest BCUT2D eigenvalue weighted by Crippen LogP contribution is -2.29. The van der Waals surface area contributed by atoms with Crippen LogP contribution in [0.5, 0.6) is 0 Å². The van der Waals surface area contributed by atoms with Crippen LogP contribution >= 0.6 is 0 Å². The van der Waals surface area contributed by atoms with Crippen LogP contribution in [-0.2, 0) is 5.41 Å². The van der Waals surface area contributed by atoms with Crippen molar-refractivity contribution in [3.05, 3.63) is 241 Å².